The number of para-hydroxylation sites is 1. The largest absolute Gasteiger partial charge is 0.325 e. The highest BCUT2D eigenvalue weighted by Crippen LogP contribution is 2.17. The summed E-state index contributed by atoms with van der Waals surface area (Å²) in [6, 6.07) is 17.7. The topological polar surface area (TPSA) is 29.1 Å². The Morgan fingerprint density at radius 3 is 2.52 bits per heavy atom. The molecule has 0 heterocycles. The molecule has 2 aromatic carbocycles. The van der Waals surface area contributed by atoms with Crippen molar-refractivity contribution in [3.8, 4) is 0 Å². The van der Waals surface area contributed by atoms with Crippen molar-refractivity contribution < 1.29 is 4.79 Å². The van der Waals surface area contributed by atoms with Crippen molar-refractivity contribution in [1.29, 1.82) is 0 Å². The normalized spacial score (nSPS) is 10.7. The molecule has 0 radical (unpaired) electrons. The maximum Gasteiger partial charge on any atom is 0.228 e. The molecular weight excluding hydrogens is 258 g/mol. The summed E-state index contributed by atoms with van der Waals surface area (Å²) < 4.78 is 0. The van der Waals surface area contributed by atoms with E-state index in [4.69, 9.17) is 0 Å². The molecule has 2 nitrogen and oxygen atoms in total. The number of nitrogens with one attached hydrogen (secondary N) is 1. The van der Waals surface area contributed by atoms with Crippen LogP contribution in [0.15, 0.2) is 60.7 Å². The van der Waals surface area contributed by atoms with Gasteiger partial charge in [0, 0.05) is 5.69 Å². The number of carbonyl (C=O) groups is 1. The lowest BCUT2D eigenvalue weighted by molar-refractivity contribution is -0.115. The van der Waals surface area contributed by atoms with Gasteiger partial charge in [0.25, 0.3) is 0 Å². The first-order valence-corrected chi connectivity index (χ1v) is 7.39. The zero-order chi connectivity index (χ0) is 14.9. The maximum absolute atomic E-state index is 12.1. The predicted octanol–water partition coefficient (Wildman–Crippen LogP) is 4.68. The quantitative estimate of drug-likeness (QED) is 0.817. The van der Waals surface area contributed by atoms with Gasteiger partial charge < -0.3 is 5.32 Å². The predicted molar refractivity (Wildman–Crippen MR) is 89.2 cm³/mol. The minimum Gasteiger partial charge on any atom is -0.325 e. The number of unbranched alkanes of at least 4 members (excludes halogenated alkanes) is 1. The highest BCUT2D eigenvalue weighted by Gasteiger charge is 2.05. The molecule has 0 aliphatic carbocycles. The molecule has 1 N–H and O–H groups in total. The summed E-state index contributed by atoms with van der Waals surface area (Å²) in [6.07, 6.45) is 6.78. The first-order chi connectivity index (χ1) is 10.3. The molecule has 21 heavy (non-hydrogen) atoms. The third-order valence-corrected chi connectivity index (χ3v) is 3.20. The first kappa shape index (κ1) is 15.0. The second-order valence-electron chi connectivity index (χ2n) is 4.99. The Bertz CT molecular complexity index is 602. The number of carbonyl (C=O) groups excluding carboxylic acids is 1. The standard InChI is InChI=1S/C19H21NO/c1-2-3-5-12-17-13-8-9-14-18(17)20-19(21)15-16-10-6-4-7-11-16/h4-14H,2-3,15H2,1H3,(H,20,21). The molecule has 108 valence electrons. The van der Waals surface area contributed by atoms with Gasteiger partial charge in [-0.25, -0.2) is 0 Å². The molecule has 0 aliphatic rings. The summed E-state index contributed by atoms with van der Waals surface area (Å²) in [6.45, 7) is 2.15. The molecule has 2 aromatic rings. The van der Waals surface area contributed by atoms with Gasteiger partial charge in [0.15, 0.2) is 0 Å². The molecule has 2 rings (SSSR count). The fraction of sp³-hybridized carbons (Fsp3) is 0.211. The van der Waals surface area contributed by atoms with Gasteiger partial charge in [-0.15, -0.1) is 0 Å². The minimum absolute atomic E-state index is 0.0116. The van der Waals surface area contributed by atoms with E-state index in [-0.39, 0.29) is 5.91 Å². The Labute approximate surface area is 126 Å². The zero-order valence-corrected chi connectivity index (χ0v) is 12.4. The fourth-order valence-electron chi connectivity index (χ4n) is 2.11. The summed E-state index contributed by atoms with van der Waals surface area (Å²) >= 11 is 0. The molecule has 0 aliphatic heterocycles. The van der Waals surface area contributed by atoms with Gasteiger partial charge in [-0.05, 0) is 23.6 Å². The second kappa shape index (κ2) is 8.05. The molecule has 0 spiro atoms. The van der Waals surface area contributed by atoms with Crippen LogP contribution in [0.5, 0.6) is 0 Å². The monoisotopic (exact) mass is 279 g/mol. The van der Waals surface area contributed by atoms with Crippen molar-refractivity contribution in [2.45, 2.75) is 26.2 Å². The van der Waals surface area contributed by atoms with E-state index in [0.717, 1.165) is 29.7 Å². The van der Waals surface area contributed by atoms with Crippen LogP contribution < -0.4 is 5.32 Å². The number of anilines is 1. The second-order valence-corrected chi connectivity index (χ2v) is 4.99. The summed E-state index contributed by atoms with van der Waals surface area (Å²) in [5.41, 5.74) is 2.94. The maximum atomic E-state index is 12.1. The van der Waals surface area contributed by atoms with Crippen molar-refractivity contribution in [3.05, 3.63) is 71.8 Å². The molecule has 0 saturated carbocycles. The lowest BCUT2D eigenvalue weighted by Crippen LogP contribution is -2.15. The van der Waals surface area contributed by atoms with E-state index in [0.29, 0.717) is 6.42 Å². The van der Waals surface area contributed by atoms with Crippen LogP contribution in [0.1, 0.15) is 30.9 Å². The Morgan fingerprint density at radius 1 is 1.05 bits per heavy atom. The van der Waals surface area contributed by atoms with Gasteiger partial charge in [-0.1, -0.05) is 74.0 Å². The SMILES string of the molecule is CCCC=Cc1ccccc1NC(=O)Cc1ccccc1. The number of rotatable bonds is 6. The molecule has 2 heteroatoms. The third-order valence-electron chi connectivity index (χ3n) is 3.20. The number of hydrogen-bond acceptors (Lipinski definition) is 1. The lowest BCUT2D eigenvalue weighted by Gasteiger charge is -2.08. The van der Waals surface area contributed by atoms with E-state index < -0.39 is 0 Å². The first-order valence-electron chi connectivity index (χ1n) is 7.39. The molecule has 0 unspecified atom stereocenters. The molecule has 0 bridgehead atoms. The Balaban J connectivity index is 2.03. The molecule has 1 amide bonds. The average molecular weight is 279 g/mol. The molecule has 0 aromatic heterocycles. The number of amides is 1. The van der Waals surface area contributed by atoms with Crippen LogP contribution in [0.2, 0.25) is 0 Å². The Kier molecular flexibility index (Phi) is 5.77. The Morgan fingerprint density at radius 2 is 1.76 bits per heavy atom. The van der Waals surface area contributed by atoms with Crippen LogP contribution in [0, 0.1) is 0 Å². The molecule has 0 fully saturated rings. The van der Waals surface area contributed by atoms with Crippen LogP contribution in [0.4, 0.5) is 5.69 Å². The number of hydrogen-bond donors (Lipinski definition) is 1. The van der Waals surface area contributed by atoms with E-state index in [1.54, 1.807) is 0 Å². The summed E-state index contributed by atoms with van der Waals surface area (Å²) in [4.78, 5) is 12.1. The number of benzene rings is 2. The lowest BCUT2D eigenvalue weighted by atomic mass is 10.1. The summed E-state index contributed by atoms with van der Waals surface area (Å²) in [5.74, 6) is 0.0116. The average Bonchev–Trinajstić information content (AvgIpc) is 2.50. The van der Waals surface area contributed by atoms with Crippen molar-refractivity contribution in [3.63, 3.8) is 0 Å². The summed E-state index contributed by atoms with van der Waals surface area (Å²) in [5, 5.41) is 3.00. The smallest absolute Gasteiger partial charge is 0.228 e. The van der Waals surface area contributed by atoms with Crippen LogP contribution in [0.25, 0.3) is 6.08 Å². The van der Waals surface area contributed by atoms with Crippen molar-refractivity contribution in [2.24, 2.45) is 0 Å². The van der Waals surface area contributed by atoms with Gasteiger partial charge in [0.05, 0.1) is 6.42 Å². The third kappa shape index (κ3) is 4.92. The van der Waals surface area contributed by atoms with Crippen LogP contribution in [0.3, 0.4) is 0 Å². The summed E-state index contributed by atoms with van der Waals surface area (Å²) in [7, 11) is 0. The van der Waals surface area contributed by atoms with Gasteiger partial charge in [0.1, 0.15) is 0 Å². The van der Waals surface area contributed by atoms with E-state index in [1.165, 1.54) is 0 Å². The van der Waals surface area contributed by atoms with Crippen LogP contribution >= 0.6 is 0 Å². The van der Waals surface area contributed by atoms with E-state index in [9.17, 15) is 4.79 Å². The fourth-order valence-corrected chi connectivity index (χ4v) is 2.11. The zero-order valence-electron chi connectivity index (χ0n) is 12.4. The van der Waals surface area contributed by atoms with Gasteiger partial charge in [0.2, 0.25) is 5.91 Å². The Hall–Kier alpha value is -2.35. The van der Waals surface area contributed by atoms with Crippen molar-refractivity contribution >= 4 is 17.7 Å². The van der Waals surface area contributed by atoms with Crippen LogP contribution in [-0.4, -0.2) is 5.91 Å². The van der Waals surface area contributed by atoms with E-state index in [1.807, 2.05) is 54.6 Å². The van der Waals surface area contributed by atoms with Gasteiger partial charge in [-0.3, -0.25) is 4.79 Å². The van der Waals surface area contributed by atoms with E-state index in [2.05, 4.69) is 24.4 Å². The van der Waals surface area contributed by atoms with Crippen molar-refractivity contribution in [1.82, 2.24) is 0 Å². The van der Waals surface area contributed by atoms with Crippen LogP contribution in [-0.2, 0) is 11.2 Å². The van der Waals surface area contributed by atoms with Gasteiger partial charge in [-0.2, -0.15) is 0 Å². The molecule has 0 atom stereocenters. The van der Waals surface area contributed by atoms with Crippen molar-refractivity contribution in [2.75, 3.05) is 5.32 Å². The van der Waals surface area contributed by atoms with Gasteiger partial charge >= 0.3 is 0 Å². The highest BCUT2D eigenvalue weighted by atomic mass is 16.1. The molecule has 0 saturated heterocycles. The minimum atomic E-state index is 0.0116. The highest BCUT2D eigenvalue weighted by molar-refractivity contribution is 5.94. The number of allylic oxidation sites excluding steroid dienone is 1. The molecular formula is C19H21NO. The van der Waals surface area contributed by atoms with E-state index >= 15 is 0 Å².